The lowest BCUT2D eigenvalue weighted by molar-refractivity contribution is 0.0602. The third kappa shape index (κ3) is 3.06. The van der Waals surface area contributed by atoms with Crippen LogP contribution in [0, 0.1) is 6.92 Å². The fraction of sp³-hybridized carbons (Fsp3) is 0.200. The summed E-state index contributed by atoms with van der Waals surface area (Å²) in [7, 11) is 1.35. The van der Waals surface area contributed by atoms with Gasteiger partial charge < -0.3 is 15.8 Å². The number of anilines is 2. The van der Waals surface area contributed by atoms with E-state index in [1.54, 1.807) is 24.4 Å². The van der Waals surface area contributed by atoms with Crippen LogP contribution in [0.25, 0.3) is 0 Å². The number of nitrogens with zero attached hydrogens (tertiary/aromatic N) is 1. The van der Waals surface area contributed by atoms with Crippen molar-refractivity contribution in [1.29, 1.82) is 0 Å². The Morgan fingerprint density at radius 1 is 1.40 bits per heavy atom. The molecule has 0 aliphatic carbocycles. The van der Waals surface area contributed by atoms with Crippen molar-refractivity contribution in [3.05, 3.63) is 53.3 Å². The lowest BCUT2D eigenvalue weighted by Crippen LogP contribution is -2.10. The Morgan fingerprint density at radius 3 is 2.90 bits per heavy atom. The summed E-state index contributed by atoms with van der Waals surface area (Å²) in [4.78, 5) is 16.0. The SMILES string of the molecule is COC(=O)c1cc(N)ccc1NCc1ncccc1C. The Hall–Kier alpha value is -2.56. The van der Waals surface area contributed by atoms with E-state index in [4.69, 9.17) is 10.5 Å². The van der Waals surface area contributed by atoms with Gasteiger partial charge >= 0.3 is 5.97 Å². The third-order valence-corrected chi connectivity index (χ3v) is 3.01. The molecule has 3 N–H and O–H groups in total. The second kappa shape index (κ2) is 6.06. The number of nitrogen functional groups attached to an aromatic ring is 1. The maximum Gasteiger partial charge on any atom is 0.340 e. The summed E-state index contributed by atoms with van der Waals surface area (Å²) in [5, 5.41) is 3.19. The Morgan fingerprint density at radius 2 is 2.20 bits per heavy atom. The van der Waals surface area contributed by atoms with Crippen LogP contribution in [0.4, 0.5) is 11.4 Å². The van der Waals surface area contributed by atoms with Gasteiger partial charge in [-0.2, -0.15) is 0 Å². The number of carbonyl (C=O) groups is 1. The molecular weight excluding hydrogens is 254 g/mol. The number of aromatic nitrogens is 1. The van der Waals surface area contributed by atoms with E-state index in [-0.39, 0.29) is 0 Å². The molecule has 20 heavy (non-hydrogen) atoms. The summed E-state index contributed by atoms with van der Waals surface area (Å²) in [6, 6.07) is 8.98. The van der Waals surface area contributed by atoms with Gasteiger partial charge in [0.1, 0.15) is 0 Å². The van der Waals surface area contributed by atoms with Gasteiger partial charge in [0.2, 0.25) is 0 Å². The molecule has 2 aromatic rings. The van der Waals surface area contributed by atoms with Crippen molar-refractivity contribution in [2.45, 2.75) is 13.5 Å². The van der Waals surface area contributed by atoms with Crippen LogP contribution in [0.2, 0.25) is 0 Å². The molecule has 0 spiro atoms. The first kappa shape index (κ1) is 13.9. The summed E-state index contributed by atoms with van der Waals surface area (Å²) in [6.45, 7) is 2.52. The predicted octanol–water partition coefficient (Wildman–Crippen LogP) is 2.37. The summed E-state index contributed by atoms with van der Waals surface area (Å²) in [5.41, 5.74) is 9.34. The average molecular weight is 271 g/mol. The number of nitrogens with two attached hydrogens (primary N) is 1. The summed E-state index contributed by atoms with van der Waals surface area (Å²) in [5.74, 6) is -0.419. The van der Waals surface area contributed by atoms with Crippen molar-refractivity contribution >= 4 is 17.3 Å². The fourth-order valence-corrected chi connectivity index (χ4v) is 1.88. The third-order valence-electron chi connectivity index (χ3n) is 3.01. The highest BCUT2D eigenvalue weighted by atomic mass is 16.5. The summed E-state index contributed by atoms with van der Waals surface area (Å²) >= 11 is 0. The minimum absolute atomic E-state index is 0.418. The molecule has 0 fully saturated rings. The number of rotatable bonds is 4. The van der Waals surface area contributed by atoms with Crippen LogP contribution < -0.4 is 11.1 Å². The molecule has 2 rings (SSSR count). The van der Waals surface area contributed by atoms with E-state index in [1.807, 2.05) is 19.1 Å². The van der Waals surface area contributed by atoms with Gasteiger partial charge in [0.15, 0.2) is 0 Å². The van der Waals surface area contributed by atoms with Gasteiger partial charge in [-0.3, -0.25) is 4.98 Å². The first-order valence-corrected chi connectivity index (χ1v) is 6.24. The van der Waals surface area contributed by atoms with Crippen molar-refractivity contribution in [2.75, 3.05) is 18.2 Å². The van der Waals surface area contributed by atoms with Crippen LogP contribution in [-0.4, -0.2) is 18.1 Å². The molecule has 0 aliphatic heterocycles. The van der Waals surface area contributed by atoms with Gasteiger partial charge in [0.05, 0.1) is 24.9 Å². The van der Waals surface area contributed by atoms with E-state index in [1.165, 1.54) is 7.11 Å². The van der Waals surface area contributed by atoms with Gasteiger partial charge in [0.25, 0.3) is 0 Å². The topological polar surface area (TPSA) is 77.2 Å². The first-order chi connectivity index (χ1) is 9.61. The molecule has 0 bridgehead atoms. The monoisotopic (exact) mass is 271 g/mol. The number of benzene rings is 1. The minimum atomic E-state index is -0.419. The number of ether oxygens (including phenoxy) is 1. The zero-order valence-electron chi connectivity index (χ0n) is 11.5. The van der Waals surface area contributed by atoms with E-state index in [9.17, 15) is 4.79 Å². The molecule has 0 aliphatic rings. The largest absolute Gasteiger partial charge is 0.465 e. The van der Waals surface area contributed by atoms with Crippen molar-refractivity contribution in [3.8, 4) is 0 Å². The second-order valence-electron chi connectivity index (χ2n) is 4.42. The molecule has 0 saturated heterocycles. The molecule has 5 heteroatoms. The maximum atomic E-state index is 11.7. The van der Waals surface area contributed by atoms with E-state index in [0.29, 0.717) is 23.5 Å². The average Bonchev–Trinajstić information content (AvgIpc) is 2.46. The van der Waals surface area contributed by atoms with Crippen LogP contribution in [-0.2, 0) is 11.3 Å². The van der Waals surface area contributed by atoms with Crippen LogP contribution in [0.15, 0.2) is 36.5 Å². The van der Waals surface area contributed by atoms with Gasteiger partial charge in [-0.25, -0.2) is 4.79 Å². The smallest absolute Gasteiger partial charge is 0.340 e. The lowest BCUT2D eigenvalue weighted by Gasteiger charge is -2.12. The molecule has 0 amide bonds. The number of hydrogen-bond donors (Lipinski definition) is 2. The summed E-state index contributed by atoms with van der Waals surface area (Å²) < 4.78 is 4.76. The van der Waals surface area contributed by atoms with Crippen molar-refractivity contribution < 1.29 is 9.53 Å². The molecule has 5 nitrogen and oxygen atoms in total. The molecule has 1 heterocycles. The minimum Gasteiger partial charge on any atom is -0.465 e. The van der Waals surface area contributed by atoms with Gasteiger partial charge in [-0.05, 0) is 36.8 Å². The highest BCUT2D eigenvalue weighted by molar-refractivity contribution is 5.96. The zero-order valence-corrected chi connectivity index (χ0v) is 11.5. The van der Waals surface area contributed by atoms with Crippen LogP contribution in [0.5, 0.6) is 0 Å². The molecule has 0 radical (unpaired) electrons. The molecule has 0 atom stereocenters. The fourth-order valence-electron chi connectivity index (χ4n) is 1.88. The molecule has 1 aromatic carbocycles. The van der Waals surface area contributed by atoms with Crippen LogP contribution >= 0.6 is 0 Å². The Bertz CT molecular complexity index is 626. The number of esters is 1. The molecular formula is C15H17N3O2. The zero-order chi connectivity index (χ0) is 14.5. The number of pyridine rings is 1. The van der Waals surface area contributed by atoms with E-state index in [2.05, 4.69) is 10.3 Å². The lowest BCUT2D eigenvalue weighted by atomic mass is 10.1. The maximum absolute atomic E-state index is 11.7. The molecule has 0 saturated carbocycles. The Labute approximate surface area is 117 Å². The molecule has 1 aromatic heterocycles. The second-order valence-corrected chi connectivity index (χ2v) is 4.42. The van der Waals surface area contributed by atoms with E-state index < -0.39 is 5.97 Å². The number of carbonyl (C=O) groups excluding carboxylic acids is 1. The van der Waals surface area contributed by atoms with Gasteiger partial charge in [-0.1, -0.05) is 6.07 Å². The van der Waals surface area contributed by atoms with Crippen molar-refractivity contribution in [1.82, 2.24) is 4.98 Å². The standard InChI is InChI=1S/C15H17N3O2/c1-10-4-3-7-17-14(10)9-18-13-6-5-11(16)8-12(13)15(19)20-2/h3-8,18H,9,16H2,1-2H3. The molecule has 0 unspecified atom stereocenters. The molecule has 104 valence electrons. The highest BCUT2D eigenvalue weighted by Gasteiger charge is 2.12. The van der Waals surface area contributed by atoms with Crippen LogP contribution in [0.3, 0.4) is 0 Å². The quantitative estimate of drug-likeness (QED) is 0.659. The Balaban J connectivity index is 2.21. The Kier molecular flexibility index (Phi) is 4.20. The normalized spacial score (nSPS) is 10.1. The van der Waals surface area contributed by atoms with Gasteiger partial charge in [0, 0.05) is 17.6 Å². The van der Waals surface area contributed by atoms with Crippen molar-refractivity contribution in [3.63, 3.8) is 0 Å². The van der Waals surface area contributed by atoms with Gasteiger partial charge in [-0.15, -0.1) is 0 Å². The number of methoxy groups -OCH3 is 1. The van der Waals surface area contributed by atoms with Crippen LogP contribution in [0.1, 0.15) is 21.6 Å². The van der Waals surface area contributed by atoms with E-state index in [0.717, 1.165) is 11.3 Å². The number of nitrogens with one attached hydrogen (secondary N) is 1. The summed E-state index contributed by atoms with van der Waals surface area (Å²) in [6.07, 6.45) is 1.74. The number of hydrogen-bond acceptors (Lipinski definition) is 5. The van der Waals surface area contributed by atoms with E-state index >= 15 is 0 Å². The first-order valence-electron chi connectivity index (χ1n) is 6.24. The van der Waals surface area contributed by atoms with Crippen molar-refractivity contribution in [2.24, 2.45) is 0 Å². The predicted molar refractivity (Wildman–Crippen MR) is 78.5 cm³/mol. The number of aryl methyl sites for hydroxylation is 1. The highest BCUT2D eigenvalue weighted by Crippen LogP contribution is 2.20.